The van der Waals surface area contributed by atoms with Gasteiger partial charge in [0.15, 0.2) is 6.29 Å². The Morgan fingerprint density at radius 2 is 2.23 bits per heavy atom. The standard InChI is InChI=1S/C10H15ClO2/c1-7(12)13-8-4-5-9(11)10(2,3)6-8/h4-7,9,12H,1-3H3. The third kappa shape index (κ3) is 2.75. The van der Waals surface area contributed by atoms with Crippen LogP contribution < -0.4 is 0 Å². The Morgan fingerprint density at radius 1 is 1.62 bits per heavy atom. The van der Waals surface area contributed by atoms with E-state index in [1.807, 2.05) is 26.0 Å². The van der Waals surface area contributed by atoms with Gasteiger partial charge in [0.1, 0.15) is 5.76 Å². The number of alkyl halides is 1. The third-order valence-electron chi connectivity index (χ3n) is 1.96. The van der Waals surface area contributed by atoms with Gasteiger partial charge in [0, 0.05) is 5.41 Å². The smallest absolute Gasteiger partial charge is 0.194 e. The van der Waals surface area contributed by atoms with E-state index < -0.39 is 6.29 Å². The summed E-state index contributed by atoms with van der Waals surface area (Å²) >= 11 is 6.06. The summed E-state index contributed by atoms with van der Waals surface area (Å²) in [7, 11) is 0. The molecule has 1 aliphatic carbocycles. The van der Waals surface area contributed by atoms with Crippen molar-refractivity contribution in [3.8, 4) is 0 Å². The number of hydrogen-bond acceptors (Lipinski definition) is 2. The molecule has 2 unspecified atom stereocenters. The molecule has 0 aromatic rings. The first kappa shape index (κ1) is 10.6. The summed E-state index contributed by atoms with van der Waals surface area (Å²) in [4.78, 5) is 0. The van der Waals surface area contributed by atoms with Crippen LogP contribution in [0.4, 0.5) is 0 Å². The Labute approximate surface area is 83.8 Å². The Kier molecular flexibility index (Phi) is 3.04. The van der Waals surface area contributed by atoms with Gasteiger partial charge in [0.05, 0.1) is 5.38 Å². The lowest BCUT2D eigenvalue weighted by Gasteiger charge is -2.28. The predicted octanol–water partition coefficient (Wildman–Crippen LogP) is 2.43. The van der Waals surface area contributed by atoms with Crippen LogP contribution >= 0.6 is 11.6 Å². The van der Waals surface area contributed by atoms with Crippen molar-refractivity contribution in [1.82, 2.24) is 0 Å². The van der Waals surface area contributed by atoms with E-state index in [-0.39, 0.29) is 10.8 Å². The van der Waals surface area contributed by atoms with Gasteiger partial charge < -0.3 is 9.84 Å². The van der Waals surface area contributed by atoms with Crippen molar-refractivity contribution in [2.75, 3.05) is 0 Å². The molecule has 0 aliphatic heterocycles. The van der Waals surface area contributed by atoms with E-state index in [2.05, 4.69) is 0 Å². The summed E-state index contributed by atoms with van der Waals surface area (Å²) in [5, 5.41) is 8.99. The van der Waals surface area contributed by atoms with Crippen LogP contribution in [0, 0.1) is 5.41 Å². The van der Waals surface area contributed by atoms with Crippen molar-refractivity contribution in [1.29, 1.82) is 0 Å². The van der Waals surface area contributed by atoms with E-state index >= 15 is 0 Å². The molecular weight excluding hydrogens is 188 g/mol. The summed E-state index contributed by atoms with van der Waals surface area (Å²) in [5.41, 5.74) is -0.124. The minimum absolute atomic E-state index is 0.0196. The summed E-state index contributed by atoms with van der Waals surface area (Å²) in [5.74, 6) is 0.678. The predicted molar refractivity (Wildman–Crippen MR) is 53.4 cm³/mol. The number of ether oxygens (including phenoxy) is 1. The number of rotatable bonds is 2. The molecular formula is C10H15ClO2. The normalized spacial score (nSPS) is 28.1. The SMILES string of the molecule is CC(O)OC1=CC(C)(C)C(Cl)C=C1. The first-order valence-electron chi connectivity index (χ1n) is 4.31. The van der Waals surface area contributed by atoms with Crippen molar-refractivity contribution >= 4 is 11.6 Å². The monoisotopic (exact) mass is 202 g/mol. The van der Waals surface area contributed by atoms with E-state index in [0.29, 0.717) is 5.76 Å². The molecule has 74 valence electrons. The fourth-order valence-electron chi connectivity index (χ4n) is 1.19. The van der Waals surface area contributed by atoms with E-state index in [1.54, 1.807) is 13.0 Å². The van der Waals surface area contributed by atoms with E-state index in [9.17, 15) is 0 Å². The van der Waals surface area contributed by atoms with Crippen LogP contribution in [0.2, 0.25) is 0 Å². The van der Waals surface area contributed by atoms with E-state index in [0.717, 1.165) is 0 Å². The average Bonchev–Trinajstić information content (AvgIpc) is 1.95. The van der Waals surface area contributed by atoms with Gasteiger partial charge in [-0.3, -0.25) is 0 Å². The molecule has 0 bridgehead atoms. The molecule has 0 saturated carbocycles. The zero-order valence-electron chi connectivity index (χ0n) is 8.12. The largest absolute Gasteiger partial charge is 0.466 e. The van der Waals surface area contributed by atoms with Crippen LogP contribution in [0.1, 0.15) is 20.8 Å². The number of allylic oxidation sites excluding steroid dienone is 3. The molecule has 3 heteroatoms. The fourth-order valence-corrected chi connectivity index (χ4v) is 1.33. The molecule has 0 heterocycles. The van der Waals surface area contributed by atoms with Crippen molar-refractivity contribution in [2.45, 2.75) is 32.4 Å². The van der Waals surface area contributed by atoms with E-state index in [1.165, 1.54) is 0 Å². The Hall–Kier alpha value is -0.470. The molecule has 0 aromatic carbocycles. The zero-order chi connectivity index (χ0) is 10.1. The first-order chi connectivity index (χ1) is 5.92. The molecule has 0 fully saturated rings. The van der Waals surface area contributed by atoms with Gasteiger partial charge in [-0.15, -0.1) is 11.6 Å². The number of aliphatic hydroxyl groups is 1. The topological polar surface area (TPSA) is 29.5 Å². The maximum absolute atomic E-state index is 9.01. The van der Waals surface area contributed by atoms with E-state index in [4.69, 9.17) is 21.4 Å². The zero-order valence-corrected chi connectivity index (χ0v) is 8.88. The lowest BCUT2D eigenvalue weighted by Crippen LogP contribution is -2.24. The molecule has 2 nitrogen and oxygen atoms in total. The van der Waals surface area contributed by atoms with Gasteiger partial charge in [-0.2, -0.15) is 0 Å². The average molecular weight is 203 g/mol. The Morgan fingerprint density at radius 3 is 2.69 bits per heavy atom. The van der Waals surface area contributed by atoms with Crippen LogP contribution in [0.15, 0.2) is 24.0 Å². The second kappa shape index (κ2) is 3.72. The summed E-state index contributed by atoms with van der Waals surface area (Å²) in [6.45, 7) is 5.63. The minimum atomic E-state index is -0.779. The van der Waals surface area contributed by atoms with Crippen molar-refractivity contribution in [3.63, 3.8) is 0 Å². The molecule has 1 rings (SSSR count). The molecule has 0 saturated heterocycles. The highest BCUT2D eigenvalue weighted by Gasteiger charge is 2.27. The molecule has 1 N–H and O–H groups in total. The molecule has 13 heavy (non-hydrogen) atoms. The molecule has 2 atom stereocenters. The number of halogens is 1. The maximum Gasteiger partial charge on any atom is 0.194 e. The fraction of sp³-hybridized carbons (Fsp3) is 0.600. The highest BCUT2D eigenvalue weighted by atomic mass is 35.5. The molecule has 0 amide bonds. The van der Waals surface area contributed by atoms with Crippen LogP contribution in [-0.2, 0) is 4.74 Å². The number of aliphatic hydroxyl groups excluding tert-OH is 1. The minimum Gasteiger partial charge on any atom is -0.466 e. The highest BCUT2D eigenvalue weighted by Crippen LogP contribution is 2.33. The van der Waals surface area contributed by atoms with Crippen molar-refractivity contribution in [2.24, 2.45) is 5.41 Å². The quantitative estimate of drug-likeness (QED) is 0.551. The van der Waals surface area contributed by atoms with Crippen LogP contribution in [0.5, 0.6) is 0 Å². The highest BCUT2D eigenvalue weighted by molar-refractivity contribution is 6.22. The first-order valence-corrected chi connectivity index (χ1v) is 4.75. The van der Waals surface area contributed by atoms with Crippen LogP contribution in [0.25, 0.3) is 0 Å². The molecule has 0 radical (unpaired) electrons. The second-order valence-electron chi connectivity index (χ2n) is 3.85. The molecule has 0 spiro atoms. The summed E-state index contributed by atoms with van der Waals surface area (Å²) in [6.07, 6.45) is 4.81. The van der Waals surface area contributed by atoms with Gasteiger partial charge >= 0.3 is 0 Å². The number of hydrogen-bond donors (Lipinski definition) is 1. The molecule has 1 aliphatic rings. The lowest BCUT2D eigenvalue weighted by molar-refractivity contribution is -0.0463. The summed E-state index contributed by atoms with van der Waals surface area (Å²) < 4.78 is 5.15. The maximum atomic E-state index is 9.01. The van der Waals surface area contributed by atoms with Gasteiger partial charge in [-0.1, -0.05) is 19.9 Å². The van der Waals surface area contributed by atoms with Gasteiger partial charge in [-0.25, -0.2) is 0 Å². The summed E-state index contributed by atoms with van der Waals surface area (Å²) in [6, 6.07) is 0. The van der Waals surface area contributed by atoms with Gasteiger partial charge in [-0.05, 0) is 19.1 Å². The molecule has 0 aromatic heterocycles. The van der Waals surface area contributed by atoms with Crippen LogP contribution in [0.3, 0.4) is 0 Å². The van der Waals surface area contributed by atoms with Gasteiger partial charge in [0.25, 0.3) is 0 Å². The Bertz CT molecular complexity index is 241. The second-order valence-corrected chi connectivity index (χ2v) is 4.32. The van der Waals surface area contributed by atoms with Crippen molar-refractivity contribution < 1.29 is 9.84 Å². The lowest BCUT2D eigenvalue weighted by atomic mass is 9.85. The third-order valence-corrected chi connectivity index (χ3v) is 2.67. The van der Waals surface area contributed by atoms with Gasteiger partial charge in [0.2, 0.25) is 0 Å². The Balaban J connectivity index is 2.74. The van der Waals surface area contributed by atoms with Crippen LogP contribution in [-0.4, -0.2) is 16.8 Å². The van der Waals surface area contributed by atoms with Crippen molar-refractivity contribution in [3.05, 3.63) is 24.0 Å².